The summed E-state index contributed by atoms with van der Waals surface area (Å²) in [4.78, 5) is 0. The van der Waals surface area contributed by atoms with Crippen molar-refractivity contribution in [3.8, 4) is 0 Å². The number of benzene rings is 1. The van der Waals surface area contributed by atoms with Crippen LogP contribution in [0, 0.1) is 17.6 Å². The third-order valence-corrected chi connectivity index (χ3v) is 3.34. The van der Waals surface area contributed by atoms with Crippen molar-refractivity contribution < 1.29 is 13.5 Å². The molecule has 1 aromatic carbocycles. The van der Waals surface area contributed by atoms with Gasteiger partial charge in [-0.3, -0.25) is 0 Å². The lowest BCUT2D eigenvalue weighted by Crippen LogP contribution is -2.36. The molecule has 0 radical (unpaired) electrons. The Morgan fingerprint density at radius 1 is 1.29 bits per heavy atom. The smallest absolute Gasteiger partial charge is 0.129 e. The van der Waals surface area contributed by atoms with Gasteiger partial charge in [-0.15, -0.1) is 0 Å². The summed E-state index contributed by atoms with van der Waals surface area (Å²) in [6.07, 6.45) is 2.30. The number of ether oxygens (including phenoxy) is 1. The fourth-order valence-electron chi connectivity index (χ4n) is 2.25. The van der Waals surface area contributed by atoms with Crippen molar-refractivity contribution >= 4 is 0 Å². The van der Waals surface area contributed by atoms with E-state index in [2.05, 4.69) is 0 Å². The van der Waals surface area contributed by atoms with Gasteiger partial charge in [0.2, 0.25) is 0 Å². The first kappa shape index (κ1) is 12.5. The van der Waals surface area contributed by atoms with Gasteiger partial charge >= 0.3 is 0 Å². The van der Waals surface area contributed by atoms with Gasteiger partial charge in [0.05, 0.1) is 0 Å². The molecule has 2 nitrogen and oxygen atoms in total. The van der Waals surface area contributed by atoms with Crippen LogP contribution in [0.1, 0.15) is 18.4 Å². The second kappa shape index (κ2) is 5.56. The average molecular weight is 241 g/mol. The highest BCUT2D eigenvalue weighted by atomic mass is 19.1. The van der Waals surface area contributed by atoms with Gasteiger partial charge < -0.3 is 10.5 Å². The van der Waals surface area contributed by atoms with Crippen molar-refractivity contribution in [1.82, 2.24) is 0 Å². The molecule has 1 atom stereocenters. The van der Waals surface area contributed by atoms with Crippen LogP contribution in [0.2, 0.25) is 0 Å². The fraction of sp³-hybridized carbons (Fsp3) is 0.538. The molecule has 1 aliphatic heterocycles. The number of rotatable bonds is 3. The minimum atomic E-state index is -0.550. The predicted octanol–water partition coefficient (Wildman–Crippen LogP) is 2.26. The third-order valence-electron chi connectivity index (χ3n) is 3.34. The van der Waals surface area contributed by atoms with E-state index < -0.39 is 11.6 Å². The topological polar surface area (TPSA) is 35.2 Å². The first-order valence-electron chi connectivity index (χ1n) is 5.94. The van der Waals surface area contributed by atoms with E-state index in [-0.39, 0.29) is 6.04 Å². The predicted molar refractivity (Wildman–Crippen MR) is 61.6 cm³/mol. The van der Waals surface area contributed by atoms with E-state index in [1.807, 2.05) is 0 Å². The molecular formula is C13H17F2NO. The highest BCUT2D eigenvalue weighted by Crippen LogP contribution is 2.21. The van der Waals surface area contributed by atoms with Gasteiger partial charge in [0, 0.05) is 25.3 Å². The first-order valence-corrected chi connectivity index (χ1v) is 5.94. The van der Waals surface area contributed by atoms with E-state index in [4.69, 9.17) is 10.5 Å². The molecule has 1 saturated heterocycles. The summed E-state index contributed by atoms with van der Waals surface area (Å²) in [6, 6.07) is 3.57. The Balaban J connectivity index is 1.99. The summed E-state index contributed by atoms with van der Waals surface area (Å²) in [5, 5.41) is 0. The van der Waals surface area contributed by atoms with Crippen molar-refractivity contribution in [2.24, 2.45) is 11.7 Å². The van der Waals surface area contributed by atoms with Crippen LogP contribution in [0.3, 0.4) is 0 Å². The van der Waals surface area contributed by atoms with E-state index in [1.165, 1.54) is 12.1 Å². The standard InChI is InChI=1S/C13H17F2NO/c14-11-2-1-10(12(15)8-11)7-13(16)9-3-5-17-6-4-9/h1-2,8-9,13H,3-7,16H2. The number of hydrogen-bond donors (Lipinski definition) is 1. The van der Waals surface area contributed by atoms with Crippen LogP contribution in [-0.4, -0.2) is 19.3 Å². The Morgan fingerprint density at radius 2 is 2.00 bits per heavy atom. The van der Waals surface area contributed by atoms with Crippen LogP contribution in [0.25, 0.3) is 0 Å². The molecule has 1 fully saturated rings. The molecule has 2 N–H and O–H groups in total. The van der Waals surface area contributed by atoms with E-state index >= 15 is 0 Å². The molecule has 94 valence electrons. The van der Waals surface area contributed by atoms with Crippen molar-refractivity contribution in [1.29, 1.82) is 0 Å². The Labute approximate surface area is 99.8 Å². The van der Waals surface area contributed by atoms with Gasteiger partial charge in [0.25, 0.3) is 0 Å². The summed E-state index contributed by atoms with van der Waals surface area (Å²) in [6.45, 7) is 1.45. The number of nitrogens with two attached hydrogens (primary N) is 1. The van der Waals surface area contributed by atoms with Gasteiger partial charge in [-0.2, -0.15) is 0 Å². The molecule has 0 aliphatic carbocycles. The molecule has 2 rings (SSSR count). The largest absolute Gasteiger partial charge is 0.381 e. The van der Waals surface area contributed by atoms with E-state index in [0.29, 0.717) is 17.9 Å². The maximum absolute atomic E-state index is 13.5. The van der Waals surface area contributed by atoms with E-state index in [0.717, 1.165) is 32.1 Å². The highest BCUT2D eigenvalue weighted by Gasteiger charge is 2.22. The van der Waals surface area contributed by atoms with Crippen LogP contribution in [0.15, 0.2) is 18.2 Å². The zero-order chi connectivity index (χ0) is 12.3. The monoisotopic (exact) mass is 241 g/mol. The van der Waals surface area contributed by atoms with Gasteiger partial charge in [0.1, 0.15) is 11.6 Å². The Kier molecular flexibility index (Phi) is 4.07. The maximum atomic E-state index is 13.5. The average Bonchev–Trinajstić information content (AvgIpc) is 2.34. The number of halogens is 2. The molecule has 1 aliphatic rings. The van der Waals surface area contributed by atoms with Gasteiger partial charge in [-0.05, 0) is 36.8 Å². The van der Waals surface area contributed by atoms with Crippen molar-refractivity contribution in [2.75, 3.05) is 13.2 Å². The molecule has 1 aromatic rings. The van der Waals surface area contributed by atoms with Crippen LogP contribution in [-0.2, 0) is 11.2 Å². The Morgan fingerprint density at radius 3 is 2.65 bits per heavy atom. The van der Waals surface area contributed by atoms with Crippen molar-refractivity contribution in [3.05, 3.63) is 35.4 Å². The molecule has 1 unspecified atom stereocenters. The fourth-order valence-corrected chi connectivity index (χ4v) is 2.25. The second-order valence-electron chi connectivity index (χ2n) is 4.55. The normalized spacial score (nSPS) is 19.2. The van der Waals surface area contributed by atoms with Gasteiger partial charge in [-0.1, -0.05) is 6.07 Å². The zero-order valence-corrected chi connectivity index (χ0v) is 9.66. The molecular weight excluding hydrogens is 224 g/mol. The molecule has 0 bridgehead atoms. The van der Waals surface area contributed by atoms with Crippen LogP contribution in [0.5, 0.6) is 0 Å². The van der Waals surface area contributed by atoms with Crippen LogP contribution in [0.4, 0.5) is 8.78 Å². The van der Waals surface area contributed by atoms with Gasteiger partial charge in [0.15, 0.2) is 0 Å². The Hall–Kier alpha value is -1.00. The molecule has 0 saturated carbocycles. The van der Waals surface area contributed by atoms with E-state index in [9.17, 15) is 8.78 Å². The highest BCUT2D eigenvalue weighted by molar-refractivity contribution is 5.19. The summed E-state index contributed by atoms with van der Waals surface area (Å²) in [5.41, 5.74) is 6.56. The Bertz CT molecular complexity index is 378. The third kappa shape index (κ3) is 3.23. The first-order chi connectivity index (χ1) is 8.16. The molecule has 17 heavy (non-hydrogen) atoms. The maximum Gasteiger partial charge on any atom is 0.129 e. The summed E-state index contributed by atoms with van der Waals surface area (Å²) in [7, 11) is 0. The SMILES string of the molecule is NC(Cc1ccc(F)cc1F)C1CCOCC1. The zero-order valence-electron chi connectivity index (χ0n) is 9.66. The minimum Gasteiger partial charge on any atom is -0.381 e. The van der Waals surface area contributed by atoms with Gasteiger partial charge in [-0.25, -0.2) is 8.78 Å². The quantitative estimate of drug-likeness (QED) is 0.881. The van der Waals surface area contributed by atoms with Crippen molar-refractivity contribution in [2.45, 2.75) is 25.3 Å². The lowest BCUT2D eigenvalue weighted by atomic mass is 9.88. The summed E-state index contributed by atoms with van der Waals surface area (Å²) < 4.78 is 31.5. The molecule has 1 heterocycles. The molecule has 0 amide bonds. The lowest BCUT2D eigenvalue weighted by Gasteiger charge is -2.27. The summed E-state index contributed by atoms with van der Waals surface area (Å²) >= 11 is 0. The van der Waals surface area contributed by atoms with Crippen LogP contribution >= 0.6 is 0 Å². The molecule has 4 heteroatoms. The second-order valence-corrected chi connectivity index (χ2v) is 4.55. The van der Waals surface area contributed by atoms with Crippen molar-refractivity contribution in [3.63, 3.8) is 0 Å². The number of hydrogen-bond acceptors (Lipinski definition) is 2. The lowest BCUT2D eigenvalue weighted by molar-refractivity contribution is 0.0584. The molecule has 0 spiro atoms. The molecule has 0 aromatic heterocycles. The minimum absolute atomic E-state index is 0.0844. The van der Waals surface area contributed by atoms with Crippen LogP contribution < -0.4 is 5.73 Å². The summed E-state index contributed by atoms with van der Waals surface area (Å²) in [5.74, 6) is -0.688. The van der Waals surface area contributed by atoms with E-state index in [1.54, 1.807) is 0 Å².